The van der Waals surface area contributed by atoms with Gasteiger partial charge in [-0.25, -0.2) is 4.98 Å². The van der Waals surface area contributed by atoms with Crippen LogP contribution in [-0.2, 0) is 5.41 Å². The summed E-state index contributed by atoms with van der Waals surface area (Å²) < 4.78 is 5.11. The lowest BCUT2D eigenvalue weighted by molar-refractivity contribution is -0.385. The summed E-state index contributed by atoms with van der Waals surface area (Å²) in [5.74, 6) is 0.814. The van der Waals surface area contributed by atoms with Gasteiger partial charge in [0, 0.05) is 11.5 Å². The smallest absolute Gasteiger partial charge is 0.372 e. The molecule has 0 bridgehead atoms. The van der Waals surface area contributed by atoms with Crippen molar-refractivity contribution in [2.24, 2.45) is 0 Å². The zero-order chi connectivity index (χ0) is 15.6. The summed E-state index contributed by atoms with van der Waals surface area (Å²) in [5, 5.41) is 14.5. The van der Waals surface area contributed by atoms with Gasteiger partial charge < -0.3 is 10.1 Å². The van der Waals surface area contributed by atoms with Gasteiger partial charge in [-0.3, -0.25) is 10.1 Å². The Morgan fingerprint density at radius 3 is 2.38 bits per heavy atom. The van der Waals surface area contributed by atoms with E-state index in [-0.39, 0.29) is 28.8 Å². The van der Waals surface area contributed by atoms with Crippen LogP contribution in [0.4, 0.5) is 11.5 Å². The Balaban J connectivity index is 2.48. The van der Waals surface area contributed by atoms with E-state index in [1.165, 1.54) is 7.11 Å². The number of aromatic nitrogens is 2. The van der Waals surface area contributed by atoms with Gasteiger partial charge in [-0.15, -0.1) is 0 Å². The van der Waals surface area contributed by atoms with E-state index in [0.717, 1.165) is 25.7 Å². The highest BCUT2D eigenvalue weighted by molar-refractivity contribution is 5.62. The molecule has 1 aromatic heterocycles. The molecule has 0 aromatic carbocycles. The first-order chi connectivity index (χ1) is 9.82. The molecule has 21 heavy (non-hydrogen) atoms. The zero-order valence-corrected chi connectivity index (χ0v) is 13.0. The zero-order valence-electron chi connectivity index (χ0n) is 13.0. The van der Waals surface area contributed by atoms with E-state index in [9.17, 15) is 10.1 Å². The van der Waals surface area contributed by atoms with E-state index in [0.29, 0.717) is 5.82 Å². The number of nitrogens with one attached hydrogen (secondary N) is 1. The minimum absolute atomic E-state index is 0.0143. The third-order valence-electron chi connectivity index (χ3n) is 3.59. The highest BCUT2D eigenvalue weighted by atomic mass is 16.6. The second-order valence-electron chi connectivity index (χ2n) is 6.39. The van der Waals surface area contributed by atoms with Crippen LogP contribution in [0, 0.1) is 10.1 Å². The molecule has 0 saturated heterocycles. The quantitative estimate of drug-likeness (QED) is 0.678. The van der Waals surface area contributed by atoms with E-state index in [1.54, 1.807) is 0 Å². The van der Waals surface area contributed by atoms with E-state index < -0.39 is 4.92 Å². The Morgan fingerprint density at radius 2 is 1.90 bits per heavy atom. The van der Waals surface area contributed by atoms with Gasteiger partial charge in [-0.05, 0) is 12.8 Å². The summed E-state index contributed by atoms with van der Waals surface area (Å²) in [5.41, 5.74) is -0.494. The van der Waals surface area contributed by atoms with Crippen molar-refractivity contribution in [3.05, 3.63) is 15.9 Å². The maximum absolute atomic E-state index is 11.3. The van der Waals surface area contributed by atoms with Crippen molar-refractivity contribution in [3.8, 4) is 5.88 Å². The van der Waals surface area contributed by atoms with Crippen molar-refractivity contribution in [2.75, 3.05) is 12.4 Å². The van der Waals surface area contributed by atoms with Crippen molar-refractivity contribution in [2.45, 2.75) is 57.9 Å². The molecule has 1 aliphatic rings. The molecule has 0 atom stereocenters. The van der Waals surface area contributed by atoms with E-state index >= 15 is 0 Å². The standard InChI is InChI=1S/C14H22N4O3/c1-14(2,3)13-16-11(15-9-7-5-6-8-9)10(18(19)20)12(17-13)21-4/h9H,5-8H2,1-4H3,(H,15,16,17). The molecule has 7 heteroatoms. The van der Waals surface area contributed by atoms with Crippen molar-refractivity contribution >= 4 is 11.5 Å². The van der Waals surface area contributed by atoms with Crippen molar-refractivity contribution in [3.63, 3.8) is 0 Å². The number of nitro groups is 1. The van der Waals surface area contributed by atoms with Crippen LogP contribution in [0.1, 0.15) is 52.3 Å². The minimum atomic E-state index is -0.484. The average Bonchev–Trinajstić information content (AvgIpc) is 2.89. The molecule has 1 saturated carbocycles. The Hall–Kier alpha value is -1.92. The predicted molar refractivity (Wildman–Crippen MR) is 79.8 cm³/mol. The van der Waals surface area contributed by atoms with Crippen LogP contribution >= 0.6 is 0 Å². The maximum atomic E-state index is 11.3. The molecular weight excluding hydrogens is 272 g/mol. The molecule has 1 N–H and O–H groups in total. The number of nitrogens with zero attached hydrogens (tertiary/aromatic N) is 3. The van der Waals surface area contributed by atoms with Crippen LogP contribution in [0.15, 0.2) is 0 Å². The summed E-state index contributed by atoms with van der Waals surface area (Å²) in [6.45, 7) is 5.90. The first-order valence-corrected chi connectivity index (χ1v) is 7.20. The molecule has 7 nitrogen and oxygen atoms in total. The van der Waals surface area contributed by atoms with Gasteiger partial charge in [0.25, 0.3) is 5.88 Å². The molecule has 2 rings (SSSR count). The first kappa shape index (κ1) is 15.5. The number of rotatable bonds is 4. The summed E-state index contributed by atoms with van der Waals surface area (Å²) in [6, 6.07) is 0.233. The largest absolute Gasteiger partial charge is 0.476 e. The fraction of sp³-hybridized carbons (Fsp3) is 0.714. The van der Waals surface area contributed by atoms with Gasteiger partial charge in [-0.1, -0.05) is 33.6 Å². The number of ether oxygens (including phenoxy) is 1. The third kappa shape index (κ3) is 3.40. The number of anilines is 1. The highest BCUT2D eigenvalue weighted by Gasteiger charge is 2.31. The Labute approximate surface area is 124 Å². The summed E-state index contributed by atoms with van der Waals surface area (Å²) in [4.78, 5) is 19.5. The topological polar surface area (TPSA) is 90.2 Å². The van der Waals surface area contributed by atoms with Crippen molar-refractivity contribution in [1.82, 2.24) is 9.97 Å². The van der Waals surface area contributed by atoms with Crippen LogP contribution < -0.4 is 10.1 Å². The lowest BCUT2D eigenvalue weighted by Crippen LogP contribution is -2.22. The van der Waals surface area contributed by atoms with E-state index in [2.05, 4.69) is 15.3 Å². The third-order valence-corrected chi connectivity index (χ3v) is 3.59. The van der Waals surface area contributed by atoms with Crippen LogP contribution in [0.2, 0.25) is 0 Å². The Morgan fingerprint density at radius 1 is 1.29 bits per heavy atom. The van der Waals surface area contributed by atoms with Crippen LogP contribution in [0.3, 0.4) is 0 Å². The molecule has 1 aromatic rings. The molecule has 0 radical (unpaired) electrons. The second kappa shape index (κ2) is 5.83. The van der Waals surface area contributed by atoms with Crippen LogP contribution in [0.25, 0.3) is 0 Å². The minimum Gasteiger partial charge on any atom is -0.476 e. The predicted octanol–water partition coefficient (Wildman–Crippen LogP) is 3.05. The summed E-state index contributed by atoms with van der Waals surface area (Å²) >= 11 is 0. The molecular formula is C14H22N4O3. The van der Waals surface area contributed by atoms with Gasteiger partial charge in [0.1, 0.15) is 5.82 Å². The summed E-state index contributed by atoms with van der Waals surface area (Å²) in [7, 11) is 1.39. The fourth-order valence-corrected chi connectivity index (χ4v) is 2.44. The van der Waals surface area contributed by atoms with Crippen LogP contribution in [-0.4, -0.2) is 28.0 Å². The average molecular weight is 294 g/mol. The van der Waals surface area contributed by atoms with Gasteiger partial charge >= 0.3 is 5.69 Å². The molecule has 0 aliphatic heterocycles. The number of hydrogen-bond donors (Lipinski definition) is 1. The SMILES string of the molecule is COc1nc(C(C)(C)C)nc(NC2CCCC2)c1[N+](=O)[O-]. The fourth-order valence-electron chi connectivity index (χ4n) is 2.44. The Kier molecular flexibility index (Phi) is 4.29. The molecule has 1 fully saturated rings. The molecule has 1 aliphatic carbocycles. The number of hydrogen-bond acceptors (Lipinski definition) is 6. The molecule has 1 heterocycles. The first-order valence-electron chi connectivity index (χ1n) is 7.20. The lowest BCUT2D eigenvalue weighted by Gasteiger charge is -2.20. The van der Waals surface area contributed by atoms with Crippen molar-refractivity contribution < 1.29 is 9.66 Å². The lowest BCUT2D eigenvalue weighted by atomic mass is 9.95. The molecule has 116 valence electrons. The van der Waals surface area contributed by atoms with Gasteiger partial charge in [0.15, 0.2) is 0 Å². The highest BCUT2D eigenvalue weighted by Crippen LogP contribution is 2.36. The molecule has 0 amide bonds. The van der Waals surface area contributed by atoms with E-state index in [4.69, 9.17) is 4.74 Å². The van der Waals surface area contributed by atoms with E-state index in [1.807, 2.05) is 20.8 Å². The Bertz CT molecular complexity index is 534. The molecule has 0 unspecified atom stereocenters. The number of methoxy groups -OCH3 is 1. The summed E-state index contributed by atoms with van der Waals surface area (Å²) in [6.07, 6.45) is 4.29. The normalized spacial score (nSPS) is 16.0. The molecule has 0 spiro atoms. The maximum Gasteiger partial charge on any atom is 0.372 e. The van der Waals surface area contributed by atoms with Gasteiger partial charge in [0.2, 0.25) is 5.82 Å². The second-order valence-corrected chi connectivity index (χ2v) is 6.39. The van der Waals surface area contributed by atoms with Gasteiger partial charge in [-0.2, -0.15) is 4.98 Å². The van der Waals surface area contributed by atoms with Crippen LogP contribution in [0.5, 0.6) is 5.88 Å². The van der Waals surface area contributed by atoms with Gasteiger partial charge in [0.05, 0.1) is 12.0 Å². The monoisotopic (exact) mass is 294 g/mol. The van der Waals surface area contributed by atoms with Crippen molar-refractivity contribution in [1.29, 1.82) is 0 Å².